The van der Waals surface area contributed by atoms with Crippen molar-refractivity contribution in [3.63, 3.8) is 0 Å². The molecule has 1 atom stereocenters. The van der Waals surface area contributed by atoms with Gasteiger partial charge >= 0.3 is 5.13 Å². The molecule has 20 heavy (non-hydrogen) atoms. The highest BCUT2D eigenvalue weighted by atomic mass is 32.1. The van der Waals surface area contributed by atoms with Gasteiger partial charge in [-0.2, -0.15) is 5.21 Å². The number of benzene rings is 1. The Labute approximate surface area is 119 Å². The van der Waals surface area contributed by atoms with E-state index in [0.29, 0.717) is 11.0 Å². The number of anilines is 1. The standard InChI is InChI=1S/C12H13N7S/c13-9(10-6-20-12(14)15-10)5-7-1-3-8(4-2-7)11-16-18-19-17-11/h1-4,6,9H,5,13H2,(H2,14,15)(H,16,17,18,19)/p+2/t9-/m0/s1. The summed E-state index contributed by atoms with van der Waals surface area (Å²) in [4.78, 5) is 3.13. The van der Waals surface area contributed by atoms with Crippen molar-refractivity contribution in [2.45, 2.75) is 12.5 Å². The van der Waals surface area contributed by atoms with Crippen LogP contribution in [0.15, 0.2) is 29.6 Å². The van der Waals surface area contributed by atoms with E-state index in [1.54, 1.807) is 0 Å². The van der Waals surface area contributed by atoms with Gasteiger partial charge in [-0.25, -0.2) is 4.98 Å². The summed E-state index contributed by atoms with van der Waals surface area (Å²) >= 11 is 1.50. The van der Waals surface area contributed by atoms with E-state index >= 15 is 0 Å². The Morgan fingerprint density at radius 3 is 2.75 bits per heavy atom. The fourth-order valence-electron chi connectivity index (χ4n) is 1.99. The summed E-state index contributed by atoms with van der Waals surface area (Å²) in [6, 6.07) is 8.23. The zero-order valence-electron chi connectivity index (χ0n) is 10.7. The molecule has 0 fully saturated rings. The molecule has 7 N–H and O–H groups in total. The second-order valence-electron chi connectivity index (χ2n) is 4.51. The lowest BCUT2D eigenvalue weighted by Gasteiger charge is -2.05. The molecule has 0 bridgehead atoms. The quantitative estimate of drug-likeness (QED) is 0.618. The number of thiazole rings is 1. The molecular weight excluding hydrogens is 274 g/mol. The summed E-state index contributed by atoms with van der Waals surface area (Å²) in [7, 11) is 0. The lowest BCUT2D eigenvalue weighted by Crippen LogP contribution is -2.56. The van der Waals surface area contributed by atoms with Gasteiger partial charge in [-0.3, -0.25) is 5.73 Å². The van der Waals surface area contributed by atoms with Gasteiger partial charge in [0.1, 0.15) is 0 Å². The minimum Gasteiger partial charge on any atom is -0.348 e. The molecule has 0 aliphatic heterocycles. The molecule has 0 spiro atoms. The fraction of sp³-hybridized carbons (Fsp3) is 0.167. The summed E-state index contributed by atoms with van der Waals surface area (Å²) in [5.41, 5.74) is 13.1. The van der Waals surface area contributed by atoms with Crippen molar-refractivity contribution in [2.75, 3.05) is 5.73 Å². The number of tetrazole rings is 1. The van der Waals surface area contributed by atoms with Gasteiger partial charge in [0, 0.05) is 17.4 Å². The SMILES string of the molecule is Nc1[nH+]c([C@@H]([NH3+])Cc2ccc(-c3nn[nH]n3)cc2)cs1. The van der Waals surface area contributed by atoms with Crippen molar-refractivity contribution < 1.29 is 10.7 Å². The summed E-state index contributed by atoms with van der Waals surface area (Å²) in [6.07, 6.45) is 0.846. The number of H-pyrrole nitrogens is 2. The van der Waals surface area contributed by atoms with Crippen molar-refractivity contribution >= 4 is 16.5 Å². The van der Waals surface area contributed by atoms with E-state index in [0.717, 1.165) is 17.7 Å². The largest absolute Gasteiger partial charge is 0.348 e. The molecule has 0 radical (unpaired) electrons. The molecule has 0 saturated carbocycles. The van der Waals surface area contributed by atoms with Crippen molar-refractivity contribution in [3.05, 3.63) is 40.9 Å². The van der Waals surface area contributed by atoms with Gasteiger partial charge in [0.15, 0.2) is 11.7 Å². The van der Waals surface area contributed by atoms with Crippen LogP contribution in [-0.2, 0) is 6.42 Å². The van der Waals surface area contributed by atoms with Crippen LogP contribution in [0.5, 0.6) is 0 Å². The van der Waals surface area contributed by atoms with Crippen molar-refractivity contribution in [2.24, 2.45) is 0 Å². The first-order chi connectivity index (χ1) is 9.72. The van der Waals surface area contributed by atoms with E-state index in [1.807, 2.05) is 17.5 Å². The number of hydrogen-bond acceptors (Lipinski definition) is 5. The van der Waals surface area contributed by atoms with E-state index < -0.39 is 0 Å². The highest BCUT2D eigenvalue weighted by Crippen LogP contribution is 2.18. The van der Waals surface area contributed by atoms with E-state index in [2.05, 4.69) is 43.5 Å². The number of aromatic nitrogens is 5. The smallest absolute Gasteiger partial charge is 0.329 e. The van der Waals surface area contributed by atoms with Crippen LogP contribution in [-0.4, -0.2) is 20.6 Å². The molecule has 0 unspecified atom stereocenters. The Bertz CT molecular complexity index is 674. The Morgan fingerprint density at radius 2 is 2.15 bits per heavy atom. The average molecular weight is 289 g/mol. The normalized spacial score (nSPS) is 12.4. The summed E-state index contributed by atoms with van der Waals surface area (Å²) in [5, 5.41) is 16.6. The predicted molar refractivity (Wildman–Crippen MR) is 74.2 cm³/mol. The summed E-state index contributed by atoms with van der Waals surface area (Å²) < 4.78 is 0. The van der Waals surface area contributed by atoms with Crippen molar-refractivity contribution in [1.82, 2.24) is 20.6 Å². The third kappa shape index (κ3) is 2.65. The molecule has 0 aliphatic carbocycles. The first-order valence-corrected chi connectivity index (χ1v) is 7.02. The number of nitrogen functional groups attached to an aromatic ring is 1. The van der Waals surface area contributed by atoms with Crippen LogP contribution in [0.25, 0.3) is 11.4 Å². The number of rotatable bonds is 4. The molecule has 2 aromatic heterocycles. The van der Waals surface area contributed by atoms with Crippen molar-refractivity contribution in [3.8, 4) is 11.4 Å². The van der Waals surface area contributed by atoms with Crippen LogP contribution >= 0.6 is 11.3 Å². The van der Waals surface area contributed by atoms with E-state index in [9.17, 15) is 0 Å². The molecule has 0 aliphatic rings. The average Bonchev–Trinajstić information content (AvgIpc) is 3.10. The van der Waals surface area contributed by atoms with Gasteiger partial charge in [0.05, 0.1) is 0 Å². The fourth-order valence-corrected chi connectivity index (χ4v) is 2.68. The van der Waals surface area contributed by atoms with Crippen LogP contribution in [0.1, 0.15) is 17.3 Å². The Kier molecular flexibility index (Phi) is 3.40. The van der Waals surface area contributed by atoms with Gasteiger partial charge in [-0.1, -0.05) is 35.6 Å². The maximum absolute atomic E-state index is 5.70. The maximum atomic E-state index is 5.70. The number of hydrogen-bond donors (Lipinski definition) is 3. The second kappa shape index (κ2) is 5.35. The topological polar surface area (TPSA) is 122 Å². The van der Waals surface area contributed by atoms with Crippen LogP contribution in [0.2, 0.25) is 0 Å². The van der Waals surface area contributed by atoms with Crippen LogP contribution in [0.3, 0.4) is 0 Å². The van der Waals surface area contributed by atoms with Crippen LogP contribution < -0.4 is 16.5 Å². The molecule has 3 rings (SSSR count). The monoisotopic (exact) mass is 289 g/mol. The summed E-state index contributed by atoms with van der Waals surface area (Å²) in [6.45, 7) is 0. The minimum absolute atomic E-state index is 0.152. The van der Waals surface area contributed by atoms with E-state index in [4.69, 9.17) is 5.73 Å². The van der Waals surface area contributed by atoms with Gasteiger partial charge < -0.3 is 5.73 Å². The van der Waals surface area contributed by atoms with Crippen LogP contribution in [0.4, 0.5) is 5.13 Å². The zero-order valence-corrected chi connectivity index (χ0v) is 11.5. The van der Waals surface area contributed by atoms with Crippen molar-refractivity contribution in [1.29, 1.82) is 0 Å². The molecule has 2 heterocycles. The highest BCUT2D eigenvalue weighted by molar-refractivity contribution is 7.13. The Morgan fingerprint density at radius 1 is 1.35 bits per heavy atom. The Balaban J connectivity index is 1.72. The third-order valence-corrected chi connectivity index (χ3v) is 3.79. The molecule has 0 amide bonds. The molecule has 8 heteroatoms. The number of aromatic amines is 2. The molecular formula is C12H15N7S+2. The molecule has 1 aromatic carbocycles. The van der Waals surface area contributed by atoms with Crippen LogP contribution in [0, 0.1) is 0 Å². The van der Waals surface area contributed by atoms with E-state index in [1.165, 1.54) is 16.9 Å². The zero-order chi connectivity index (χ0) is 13.9. The number of nitrogens with one attached hydrogen (secondary N) is 2. The number of nitrogens with zero attached hydrogens (tertiary/aromatic N) is 3. The first kappa shape index (κ1) is 12.7. The minimum atomic E-state index is 0.152. The number of nitrogens with two attached hydrogens (primary N) is 1. The highest BCUT2D eigenvalue weighted by Gasteiger charge is 2.17. The first-order valence-electron chi connectivity index (χ1n) is 6.14. The predicted octanol–water partition coefficient (Wildman–Crippen LogP) is -0.150. The molecule has 7 nitrogen and oxygen atoms in total. The second-order valence-corrected chi connectivity index (χ2v) is 5.42. The number of quaternary nitrogens is 1. The van der Waals surface area contributed by atoms with Gasteiger partial charge in [-0.15, -0.1) is 10.2 Å². The summed E-state index contributed by atoms with van der Waals surface area (Å²) in [5.74, 6) is 0.599. The van der Waals surface area contributed by atoms with Gasteiger partial charge in [0.25, 0.3) is 0 Å². The lowest BCUT2D eigenvalue weighted by atomic mass is 10.0. The molecule has 0 saturated heterocycles. The molecule has 3 aromatic rings. The maximum Gasteiger partial charge on any atom is 0.329 e. The van der Waals surface area contributed by atoms with E-state index in [-0.39, 0.29) is 6.04 Å². The van der Waals surface area contributed by atoms with Gasteiger partial charge in [0.2, 0.25) is 5.82 Å². The Hall–Kier alpha value is -2.32. The molecule has 102 valence electrons. The van der Waals surface area contributed by atoms with Gasteiger partial charge in [-0.05, 0) is 10.8 Å². The lowest BCUT2D eigenvalue weighted by molar-refractivity contribution is -0.476. The third-order valence-electron chi connectivity index (χ3n) is 3.06.